The summed E-state index contributed by atoms with van der Waals surface area (Å²) in [5, 5.41) is 7.73. The highest BCUT2D eigenvalue weighted by atomic mass is 16.5. The lowest BCUT2D eigenvalue weighted by Gasteiger charge is -2.21. The van der Waals surface area contributed by atoms with Crippen molar-refractivity contribution < 1.29 is 18.7 Å². The number of hydrogen-bond acceptors (Lipinski definition) is 5. The first-order valence-electron chi connectivity index (χ1n) is 10.9. The minimum atomic E-state index is -0.370. The van der Waals surface area contributed by atoms with Crippen LogP contribution in [0, 0.1) is 13.8 Å². The Hall–Kier alpha value is -3.39. The highest BCUT2D eigenvalue weighted by molar-refractivity contribution is 5.97. The Balaban J connectivity index is 1.88. The summed E-state index contributed by atoms with van der Waals surface area (Å²) in [7, 11) is 1.55. The third kappa shape index (κ3) is 5.90. The van der Waals surface area contributed by atoms with Gasteiger partial charge in [0.2, 0.25) is 5.91 Å². The van der Waals surface area contributed by atoms with Gasteiger partial charge in [0.1, 0.15) is 12.4 Å². The number of aromatic nitrogens is 2. The lowest BCUT2D eigenvalue weighted by Crippen LogP contribution is -2.40. The molecule has 2 heterocycles. The zero-order valence-corrected chi connectivity index (χ0v) is 20.1. The summed E-state index contributed by atoms with van der Waals surface area (Å²) in [6, 6.07) is 11.2. The molecule has 176 valence electrons. The molecule has 3 aromatic rings. The van der Waals surface area contributed by atoms with Crippen molar-refractivity contribution in [1.29, 1.82) is 0 Å². The molecule has 0 unspecified atom stereocenters. The fraction of sp³-hybridized carbons (Fsp3) is 0.400. The molecule has 0 saturated heterocycles. The number of furan rings is 1. The number of benzene rings is 1. The van der Waals surface area contributed by atoms with Gasteiger partial charge in [-0.15, -0.1) is 0 Å². The normalized spacial score (nSPS) is 11.5. The van der Waals surface area contributed by atoms with Gasteiger partial charge in [0.05, 0.1) is 24.3 Å². The summed E-state index contributed by atoms with van der Waals surface area (Å²) in [6.45, 7) is 10.7. The summed E-state index contributed by atoms with van der Waals surface area (Å²) in [4.78, 5) is 27.2. The molecule has 33 heavy (non-hydrogen) atoms. The smallest absolute Gasteiger partial charge is 0.290 e. The predicted molar refractivity (Wildman–Crippen MR) is 127 cm³/mol. The topological polar surface area (TPSA) is 89.6 Å². The quantitative estimate of drug-likeness (QED) is 0.556. The highest BCUT2D eigenvalue weighted by Gasteiger charge is 2.24. The number of rotatable bonds is 8. The zero-order valence-electron chi connectivity index (χ0n) is 20.1. The zero-order chi connectivity index (χ0) is 24.2. The number of nitrogens with zero attached hydrogens (tertiary/aromatic N) is 3. The fourth-order valence-corrected chi connectivity index (χ4v) is 3.43. The van der Waals surface area contributed by atoms with Gasteiger partial charge >= 0.3 is 0 Å². The number of hydrogen-bond donors (Lipinski definition) is 1. The van der Waals surface area contributed by atoms with Gasteiger partial charge in [-0.25, -0.2) is 4.68 Å². The van der Waals surface area contributed by atoms with Crippen LogP contribution in [0.3, 0.4) is 0 Å². The molecule has 8 heteroatoms. The molecule has 0 aliphatic rings. The second kappa shape index (κ2) is 10.0. The van der Waals surface area contributed by atoms with Crippen molar-refractivity contribution in [2.24, 2.45) is 0 Å². The third-order valence-corrected chi connectivity index (χ3v) is 5.24. The molecule has 3 rings (SSSR count). The van der Waals surface area contributed by atoms with Gasteiger partial charge in [-0.2, -0.15) is 5.10 Å². The van der Waals surface area contributed by atoms with E-state index in [0.717, 1.165) is 22.5 Å². The van der Waals surface area contributed by atoms with Crippen LogP contribution in [-0.2, 0) is 14.9 Å². The third-order valence-electron chi connectivity index (χ3n) is 5.24. The number of nitrogens with one attached hydrogen (secondary N) is 1. The first-order chi connectivity index (χ1) is 15.6. The highest BCUT2D eigenvalue weighted by Crippen LogP contribution is 2.27. The number of carbonyl (C=O) groups is 2. The molecular weight excluding hydrogens is 420 g/mol. The van der Waals surface area contributed by atoms with E-state index in [1.54, 1.807) is 23.9 Å². The lowest BCUT2D eigenvalue weighted by molar-refractivity contribution is -0.117. The molecule has 2 amide bonds. The van der Waals surface area contributed by atoms with E-state index in [4.69, 9.17) is 14.3 Å². The average Bonchev–Trinajstić information content (AvgIpc) is 3.41. The fourth-order valence-electron chi connectivity index (χ4n) is 3.43. The van der Waals surface area contributed by atoms with Crippen molar-refractivity contribution in [2.75, 3.05) is 32.1 Å². The Labute approximate surface area is 194 Å². The molecular formula is C25H32N4O4. The second-order valence-electron chi connectivity index (χ2n) is 9.11. The molecule has 0 aliphatic heterocycles. The van der Waals surface area contributed by atoms with E-state index in [-0.39, 0.29) is 36.1 Å². The first-order valence-corrected chi connectivity index (χ1v) is 10.9. The van der Waals surface area contributed by atoms with Gasteiger partial charge in [-0.05, 0) is 37.6 Å². The lowest BCUT2D eigenvalue weighted by atomic mass is 9.92. The molecule has 8 nitrogen and oxygen atoms in total. The molecule has 0 spiro atoms. The van der Waals surface area contributed by atoms with Crippen molar-refractivity contribution >= 4 is 17.6 Å². The van der Waals surface area contributed by atoms with E-state index < -0.39 is 0 Å². The van der Waals surface area contributed by atoms with Crippen LogP contribution in [0.15, 0.2) is 47.1 Å². The van der Waals surface area contributed by atoms with Crippen LogP contribution in [0.1, 0.15) is 48.1 Å². The van der Waals surface area contributed by atoms with Crippen LogP contribution in [-0.4, -0.2) is 53.3 Å². The van der Waals surface area contributed by atoms with E-state index in [9.17, 15) is 9.59 Å². The van der Waals surface area contributed by atoms with Crippen molar-refractivity contribution in [2.45, 2.75) is 40.0 Å². The first kappa shape index (κ1) is 24.3. The van der Waals surface area contributed by atoms with Crippen molar-refractivity contribution in [3.05, 3.63) is 65.2 Å². The maximum atomic E-state index is 13.0. The summed E-state index contributed by atoms with van der Waals surface area (Å²) in [5.74, 6) is 0.0195. The summed E-state index contributed by atoms with van der Waals surface area (Å²) >= 11 is 0. The molecule has 0 radical (unpaired) electrons. The molecule has 1 aromatic carbocycles. The van der Waals surface area contributed by atoms with Crippen LogP contribution in [0.25, 0.3) is 5.69 Å². The molecule has 0 atom stereocenters. The number of methoxy groups -OCH3 is 1. The van der Waals surface area contributed by atoms with Crippen LogP contribution in [0.4, 0.5) is 5.82 Å². The number of ether oxygens (including phenoxy) is 1. The van der Waals surface area contributed by atoms with E-state index >= 15 is 0 Å². The van der Waals surface area contributed by atoms with E-state index in [2.05, 4.69) is 32.2 Å². The Kier molecular flexibility index (Phi) is 7.38. The molecule has 0 saturated carbocycles. The molecule has 0 aliphatic carbocycles. The van der Waals surface area contributed by atoms with E-state index in [1.165, 1.54) is 11.2 Å². The maximum Gasteiger partial charge on any atom is 0.290 e. The summed E-state index contributed by atoms with van der Waals surface area (Å²) < 4.78 is 12.1. The van der Waals surface area contributed by atoms with Gasteiger partial charge in [0, 0.05) is 25.1 Å². The molecule has 2 aromatic heterocycles. The van der Waals surface area contributed by atoms with Crippen LogP contribution >= 0.6 is 0 Å². The largest absolute Gasteiger partial charge is 0.459 e. The van der Waals surface area contributed by atoms with Crippen molar-refractivity contribution in [3.63, 3.8) is 0 Å². The Bertz CT molecular complexity index is 1110. The van der Waals surface area contributed by atoms with Gasteiger partial charge in [0.25, 0.3) is 5.91 Å². The standard InChI is InChI=1S/C25H32N4O4/c1-17-9-10-19(18(2)14-17)29-22(15-21(27-29)25(3,4)5)26-23(30)16-28(11-13-32-6)24(31)20-8-7-12-33-20/h7-10,12,14-15H,11,13,16H2,1-6H3,(H,26,30). The number of amides is 2. The Morgan fingerprint density at radius 2 is 1.94 bits per heavy atom. The van der Waals surface area contributed by atoms with Crippen molar-refractivity contribution in [3.8, 4) is 5.69 Å². The average molecular weight is 453 g/mol. The minimum Gasteiger partial charge on any atom is -0.459 e. The number of carbonyl (C=O) groups excluding carboxylic acids is 2. The van der Waals surface area contributed by atoms with E-state index in [0.29, 0.717) is 12.4 Å². The van der Waals surface area contributed by atoms with E-state index in [1.807, 2.05) is 32.0 Å². The van der Waals surface area contributed by atoms with Crippen LogP contribution < -0.4 is 5.32 Å². The minimum absolute atomic E-state index is 0.147. The van der Waals surface area contributed by atoms with Crippen LogP contribution in [0.2, 0.25) is 0 Å². The molecule has 1 N–H and O–H groups in total. The Morgan fingerprint density at radius 1 is 1.18 bits per heavy atom. The van der Waals surface area contributed by atoms with Gasteiger partial charge < -0.3 is 19.4 Å². The second-order valence-corrected chi connectivity index (χ2v) is 9.11. The predicted octanol–water partition coefficient (Wildman–Crippen LogP) is 4.11. The molecule has 0 fully saturated rings. The molecule has 0 bridgehead atoms. The number of aryl methyl sites for hydroxylation is 2. The summed E-state index contributed by atoms with van der Waals surface area (Å²) in [6.07, 6.45) is 1.43. The summed E-state index contributed by atoms with van der Waals surface area (Å²) in [5.41, 5.74) is 3.72. The SMILES string of the molecule is COCCN(CC(=O)Nc1cc(C(C)(C)C)nn1-c1ccc(C)cc1C)C(=O)c1ccco1. The Morgan fingerprint density at radius 3 is 2.55 bits per heavy atom. The van der Waals surface area contributed by atoms with Crippen LogP contribution in [0.5, 0.6) is 0 Å². The number of anilines is 1. The van der Waals surface area contributed by atoms with Gasteiger partial charge in [-0.1, -0.05) is 38.5 Å². The van der Waals surface area contributed by atoms with Gasteiger partial charge in [-0.3, -0.25) is 9.59 Å². The maximum absolute atomic E-state index is 13.0. The monoisotopic (exact) mass is 452 g/mol. The van der Waals surface area contributed by atoms with Crippen molar-refractivity contribution in [1.82, 2.24) is 14.7 Å². The van der Waals surface area contributed by atoms with Gasteiger partial charge in [0.15, 0.2) is 5.76 Å².